The molecule has 3 aromatic carbocycles. The highest BCUT2D eigenvalue weighted by Gasteiger charge is 2.48. The Labute approximate surface area is 243 Å². The van der Waals surface area contributed by atoms with Gasteiger partial charge in [0, 0.05) is 26.2 Å². The van der Waals surface area contributed by atoms with Crippen molar-refractivity contribution in [1.82, 2.24) is 15.5 Å². The van der Waals surface area contributed by atoms with E-state index in [4.69, 9.17) is 4.74 Å². The Morgan fingerprint density at radius 1 is 0.854 bits per heavy atom. The first-order valence-corrected chi connectivity index (χ1v) is 14.6. The largest absolute Gasteiger partial charge is 0.496 e. The summed E-state index contributed by atoms with van der Waals surface area (Å²) in [5, 5.41) is 6.00. The molecule has 0 bridgehead atoms. The van der Waals surface area contributed by atoms with Crippen LogP contribution in [0.25, 0.3) is 0 Å². The number of likely N-dealkylation sites (N-methyl/N-ethyl adjacent to an activating group) is 1. The van der Waals surface area contributed by atoms with E-state index < -0.39 is 5.41 Å². The molecule has 2 atom stereocenters. The minimum atomic E-state index is -0.834. The van der Waals surface area contributed by atoms with Gasteiger partial charge in [0.15, 0.2) is 0 Å². The van der Waals surface area contributed by atoms with Crippen LogP contribution in [0.1, 0.15) is 72.5 Å². The Hall–Kier alpha value is -4.13. The summed E-state index contributed by atoms with van der Waals surface area (Å²) in [6, 6.07) is 24.9. The lowest BCUT2D eigenvalue weighted by Gasteiger charge is -2.42. The summed E-state index contributed by atoms with van der Waals surface area (Å²) in [7, 11) is 3.22. The van der Waals surface area contributed by atoms with E-state index in [1.165, 1.54) is 0 Å². The van der Waals surface area contributed by atoms with Crippen molar-refractivity contribution in [1.29, 1.82) is 0 Å². The Balaban J connectivity index is 0.00000189. The number of carbonyl (C=O) groups is 3. The number of carbonyl (C=O) groups excluding carboxylic acids is 3. The van der Waals surface area contributed by atoms with Crippen molar-refractivity contribution in [3.05, 3.63) is 101 Å². The predicted molar refractivity (Wildman–Crippen MR) is 161 cm³/mol. The molecule has 7 nitrogen and oxygen atoms in total. The van der Waals surface area contributed by atoms with Crippen molar-refractivity contribution in [3.63, 3.8) is 0 Å². The minimum absolute atomic E-state index is 0.0101. The van der Waals surface area contributed by atoms with Crippen molar-refractivity contribution in [2.75, 3.05) is 27.2 Å². The van der Waals surface area contributed by atoms with Crippen LogP contribution < -0.4 is 15.4 Å². The van der Waals surface area contributed by atoms with Crippen LogP contribution in [0.15, 0.2) is 78.9 Å². The smallest absolute Gasteiger partial charge is 0.255 e. The number of nitrogens with one attached hydrogen (secondary N) is 2. The van der Waals surface area contributed by atoms with Crippen LogP contribution in [0.2, 0.25) is 0 Å². The molecular weight excluding hydrogens is 514 g/mol. The quantitative estimate of drug-likeness (QED) is 0.446. The summed E-state index contributed by atoms with van der Waals surface area (Å²) in [5.41, 5.74) is 2.44. The van der Waals surface area contributed by atoms with Gasteiger partial charge in [-0.25, -0.2) is 0 Å². The fraction of sp³-hybridized carbons (Fsp3) is 0.382. The first kappa shape index (κ1) is 29.8. The van der Waals surface area contributed by atoms with Gasteiger partial charge in [0.05, 0.1) is 24.0 Å². The summed E-state index contributed by atoms with van der Waals surface area (Å²) in [6.45, 7) is 5.15. The van der Waals surface area contributed by atoms with Crippen LogP contribution in [0, 0.1) is 0 Å². The Kier molecular flexibility index (Phi) is 9.82. The van der Waals surface area contributed by atoms with E-state index in [-0.39, 0.29) is 29.7 Å². The molecule has 0 spiro atoms. The van der Waals surface area contributed by atoms with Crippen LogP contribution in [-0.2, 0) is 15.0 Å². The zero-order valence-corrected chi connectivity index (χ0v) is 24.5. The lowest BCUT2D eigenvalue weighted by molar-refractivity contribution is -0.135. The number of methoxy groups -OCH3 is 1. The lowest BCUT2D eigenvalue weighted by atomic mass is 9.62. The van der Waals surface area contributed by atoms with Gasteiger partial charge in [-0.3, -0.25) is 14.4 Å². The predicted octanol–water partition coefficient (Wildman–Crippen LogP) is 5.05. The van der Waals surface area contributed by atoms with Crippen LogP contribution in [0.5, 0.6) is 5.75 Å². The molecule has 7 heteroatoms. The number of amides is 3. The molecule has 1 saturated heterocycles. The first-order valence-electron chi connectivity index (χ1n) is 14.6. The maximum atomic E-state index is 13.9. The van der Waals surface area contributed by atoms with Crippen molar-refractivity contribution < 1.29 is 19.1 Å². The summed E-state index contributed by atoms with van der Waals surface area (Å²) in [6.07, 6.45) is 2.51. The molecule has 0 unspecified atom stereocenters. The molecule has 0 radical (unpaired) electrons. The number of hydrogen-bond donors (Lipinski definition) is 2. The van der Waals surface area contributed by atoms with E-state index in [1.54, 1.807) is 26.3 Å². The highest BCUT2D eigenvalue weighted by Crippen LogP contribution is 2.47. The summed E-state index contributed by atoms with van der Waals surface area (Å²) < 4.78 is 5.33. The van der Waals surface area contributed by atoms with Gasteiger partial charge in [-0.2, -0.15) is 0 Å². The topological polar surface area (TPSA) is 87.7 Å². The molecule has 3 aromatic rings. The summed E-state index contributed by atoms with van der Waals surface area (Å²) in [5.74, 6) is 0.114. The van der Waals surface area contributed by atoms with Crippen molar-refractivity contribution in [2.45, 2.75) is 56.9 Å². The number of fused-ring (bicyclic) bond motifs is 1. The fourth-order valence-electron chi connectivity index (χ4n) is 6.26. The Morgan fingerprint density at radius 2 is 1.49 bits per heavy atom. The van der Waals surface area contributed by atoms with Gasteiger partial charge in [-0.1, -0.05) is 80.6 Å². The zero-order valence-electron chi connectivity index (χ0n) is 24.5. The van der Waals surface area contributed by atoms with E-state index in [0.717, 1.165) is 16.7 Å². The highest BCUT2D eigenvalue weighted by molar-refractivity contribution is 5.97. The Morgan fingerprint density at radius 3 is 2.17 bits per heavy atom. The third-order valence-electron chi connectivity index (χ3n) is 8.28. The van der Waals surface area contributed by atoms with Crippen molar-refractivity contribution in [3.8, 4) is 5.75 Å². The van der Waals surface area contributed by atoms with E-state index in [1.807, 2.05) is 85.5 Å². The first-order chi connectivity index (χ1) is 20.0. The van der Waals surface area contributed by atoms with Gasteiger partial charge in [-0.05, 0) is 54.5 Å². The number of likely N-dealkylation sites (tertiary alicyclic amines) is 1. The molecule has 0 aromatic heterocycles. The highest BCUT2D eigenvalue weighted by atomic mass is 16.5. The Bertz CT molecular complexity index is 1350. The molecule has 2 aliphatic rings. The second-order valence-corrected chi connectivity index (χ2v) is 10.3. The van der Waals surface area contributed by atoms with Gasteiger partial charge >= 0.3 is 0 Å². The van der Waals surface area contributed by atoms with E-state index >= 15 is 0 Å². The molecule has 1 heterocycles. The van der Waals surface area contributed by atoms with Crippen LogP contribution in [0.3, 0.4) is 0 Å². The molecule has 41 heavy (non-hydrogen) atoms. The van der Waals surface area contributed by atoms with Crippen LogP contribution in [-0.4, -0.2) is 55.9 Å². The minimum Gasteiger partial charge on any atom is -0.496 e. The van der Waals surface area contributed by atoms with Gasteiger partial charge in [0.1, 0.15) is 5.75 Å². The molecule has 5 rings (SSSR count). The second-order valence-electron chi connectivity index (χ2n) is 10.3. The van der Waals surface area contributed by atoms with Gasteiger partial charge in [0.2, 0.25) is 11.8 Å². The van der Waals surface area contributed by atoms with Crippen LogP contribution in [0.4, 0.5) is 0 Å². The van der Waals surface area contributed by atoms with Crippen LogP contribution >= 0.6 is 0 Å². The fourth-order valence-corrected chi connectivity index (χ4v) is 6.26. The van der Waals surface area contributed by atoms with E-state index in [0.29, 0.717) is 50.1 Å². The van der Waals surface area contributed by atoms with Crippen molar-refractivity contribution in [2.24, 2.45) is 0 Å². The second kappa shape index (κ2) is 13.5. The number of piperidine rings is 1. The molecule has 1 fully saturated rings. The molecule has 3 amide bonds. The number of nitrogens with zero attached hydrogens (tertiary/aromatic N) is 1. The van der Waals surface area contributed by atoms with Gasteiger partial charge in [-0.15, -0.1) is 0 Å². The monoisotopic (exact) mass is 555 g/mol. The van der Waals surface area contributed by atoms with E-state index in [9.17, 15) is 14.4 Å². The van der Waals surface area contributed by atoms with Gasteiger partial charge in [0.25, 0.3) is 5.91 Å². The number of benzene rings is 3. The standard InChI is InChI=1S/C32H35N3O4.C2H6/c1-33-31(38)32(22-10-4-3-5-11-22)19-16-25(24-12-6-8-14-27(24)32)30(37)35-20-17-23(18-21-35)34-29(36)26-13-7-9-15-28(26)39-2;1-2/h3-15,23,25H,16-21H2,1-2H3,(H,33,38)(H,34,36);1-2H3/t25-,32+;/m0./s1. The lowest BCUT2D eigenvalue weighted by Crippen LogP contribution is -2.50. The third-order valence-corrected chi connectivity index (χ3v) is 8.28. The molecule has 2 N–H and O–H groups in total. The molecular formula is C34H41N3O4. The number of rotatable bonds is 6. The summed E-state index contributed by atoms with van der Waals surface area (Å²) >= 11 is 0. The van der Waals surface area contributed by atoms with Gasteiger partial charge < -0.3 is 20.3 Å². The van der Waals surface area contributed by atoms with E-state index in [2.05, 4.69) is 10.6 Å². The SMILES string of the molecule is CC.CNC(=O)[C@@]1(c2ccccc2)CC[C@H](C(=O)N2CCC(NC(=O)c3ccccc3OC)CC2)c2ccccc21. The number of para-hydroxylation sites is 1. The molecule has 1 aliphatic heterocycles. The maximum Gasteiger partial charge on any atom is 0.255 e. The molecule has 216 valence electrons. The maximum absolute atomic E-state index is 13.9. The number of ether oxygens (including phenoxy) is 1. The average molecular weight is 556 g/mol. The number of hydrogen-bond acceptors (Lipinski definition) is 4. The normalized spacial score (nSPS) is 20.1. The molecule has 1 aliphatic carbocycles. The summed E-state index contributed by atoms with van der Waals surface area (Å²) in [4.78, 5) is 42.1. The third kappa shape index (κ3) is 5.85. The van der Waals surface area contributed by atoms with Crippen molar-refractivity contribution >= 4 is 17.7 Å². The average Bonchev–Trinajstić information content (AvgIpc) is 3.05. The zero-order chi connectivity index (χ0) is 29.4. The molecule has 0 saturated carbocycles.